The van der Waals surface area contributed by atoms with Gasteiger partial charge in [0, 0.05) is 47.0 Å². The van der Waals surface area contributed by atoms with Crippen molar-refractivity contribution in [3.8, 4) is 0 Å². The zero-order valence-electron chi connectivity index (χ0n) is 17.2. The first-order valence-electron chi connectivity index (χ1n) is 10.3. The van der Waals surface area contributed by atoms with Crippen molar-refractivity contribution < 1.29 is 14.4 Å². The minimum absolute atomic E-state index is 0.0129. The Hall–Kier alpha value is -2.57. The number of likely N-dealkylation sites (tertiary alicyclic amines) is 1. The van der Waals surface area contributed by atoms with E-state index in [-0.39, 0.29) is 17.7 Å². The molecule has 0 saturated carbocycles. The fourth-order valence-electron chi connectivity index (χ4n) is 4.35. The number of rotatable bonds is 3. The molecule has 0 unspecified atom stereocenters. The Labute approximate surface area is 191 Å². The highest BCUT2D eigenvalue weighted by Gasteiger charge is 2.35. The molecule has 0 radical (unpaired) electrons. The highest BCUT2D eigenvalue weighted by molar-refractivity contribution is 6.35. The highest BCUT2D eigenvalue weighted by atomic mass is 35.5. The van der Waals surface area contributed by atoms with Crippen LogP contribution in [0.1, 0.15) is 42.1 Å². The number of aryl methyl sites for hydroxylation is 1. The third-order valence-electron chi connectivity index (χ3n) is 5.77. The standard InChI is InChI=1S/C23H23Cl2N3O3/c1-14(29)27-8-2-4-15-12-19(6-7-20(15)27)26-22(30)21-5-3-9-28(21)23(31)16-10-17(24)13-18(25)11-16/h6-7,10-13,21H,2-5,8-9H2,1H3,(H,26,30)/t21-/m1/s1. The maximum absolute atomic E-state index is 13.0. The Morgan fingerprint density at radius 3 is 2.45 bits per heavy atom. The van der Waals surface area contributed by atoms with Crippen LogP contribution in [-0.2, 0) is 16.0 Å². The molecule has 0 bridgehead atoms. The molecule has 1 saturated heterocycles. The molecule has 8 heteroatoms. The molecule has 1 fully saturated rings. The van der Waals surface area contributed by atoms with E-state index in [4.69, 9.17) is 23.2 Å². The Morgan fingerprint density at radius 2 is 1.74 bits per heavy atom. The number of carbonyl (C=O) groups is 3. The van der Waals surface area contributed by atoms with E-state index in [1.165, 1.54) is 0 Å². The number of nitrogens with zero attached hydrogens (tertiary/aromatic N) is 2. The lowest BCUT2D eigenvalue weighted by atomic mass is 10.0. The van der Waals surface area contributed by atoms with E-state index in [1.807, 2.05) is 12.1 Å². The summed E-state index contributed by atoms with van der Waals surface area (Å²) >= 11 is 12.1. The van der Waals surface area contributed by atoms with Gasteiger partial charge in [-0.2, -0.15) is 0 Å². The average molecular weight is 460 g/mol. The SMILES string of the molecule is CC(=O)N1CCCc2cc(NC(=O)[C@H]3CCCN3C(=O)c3cc(Cl)cc(Cl)c3)ccc21. The first kappa shape index (κ1) is 21.7. The highest BCUT2D eigenvalue weighted by Crippen LogP contribution is 2.30. The summed E-state index contributed by atoms with van der Waals surface area (Å²) in [4.78, 5) is 41.2. The van der Waals surface area contributed by atoms with Crippen LogP contribution in [0.3, 0.4) is 0 Å². The van der Waals surface area contributed by atoms with E-state index < -0.39 is 6.04 Å². The van der Waals surface area contributed by atoms with Crippen LogP contribution in [0, 0.1) is 0 Å². The summed E-state index contributed by atoms with van der Waals surface area (Å²) in [6, 6.07) is 9.72. The number of benzene rings is 2. The van der Waals surface area contributed by atoms with Crippen LogP contribution in [0.25, 0.3) is 0 Å². The van der Waals surface area contributed by atoms with Crippen molar-refractivity contribution in [3.05, 3.63) is 57.6 Å². The summed E-state index contributed by atoms with van der Waals surface area (Å²) in [5.74, 6) is -0.471. The van der Waals surface area contributed by atoms with E-state index in [9.17, 15) is 14.4 Å². The molecular weight excluding hydrogens is 437 g/mol. The Kier molecular flexibility index (Phi) is 6.21. The normalized spacial score (nSPS) is 18.0. The van der Waals surface area contributed by atoms with Gasteiger partial charge in [0.15, 0.2) is 0 Å². The summed E-state index contributed by atoms with van der Waals surface area (Å²) in [5, 5.41) is 3.71. The quantitative estimate of drug-likeness (QED) is 0.732. The van der Waals surface area contributed by atoms with Crippen LogP contribution < -0.4 is 10.2 Å². The van der Waals surface area contributed by atoms with Crippen LogP contribution in [0.15, 0.2) is 36.4 Å². The number of hydrogen-bond donors (Lipinski definition) is 1. The van der Waals surface area contributed by atoms with Gasteiger partial charge in [0.2, 0.25) is 11.8 Å². The van der Waals surface area contributed by atoms with E-state index in [1.54, 1.807) is 41.0 Å². The fourth-order valence-corrected chi connectivity index (χ4v) is 4.88. The second kappa shape index (κ2) is 8.89. The molecule has 2 aromatic carbocycles. The van der Waals surface area contributed by atoms with E-state index in [0.29, 0.717) is 40.8 Å². The summed E-state index contributed by atoms with van der Waals surface area (Å²) < 4.78 is 0. The Balaban J connectivity index is 1.50. The molecule has 0 spiro atoms. The molecule has 31 heavy (non-hydrogen) atoms. The molecule has 1 atom stereocenters. The molecule has 1 N–H and O–H groups in total. The molecule has 2 aromatic rings. The number of hydrogen-bond acceptors (Lipinski definition) is 3. The number of amides is 3. The summed E-state index contributed by atoms with van der Waals surface area (Å²) in [6.45, 7) is 2.77. The molecule has 4 rings (SSSR count). The largest absolute Gasteiger partial charge is 0.327 e. The number of anilines is 2. The van der Waals surface area contributed by atoms with Gasteiger partial charge in [-0.3, -0.25) is 14.4 Å². The lowest BCUT2D eigenvalue weighted by Crippen LogP contribution is -2.43. The van der Waals surface area contributed by atoms with Crippen molar-refractivity contribution in [2.24, 2.45) is 0 Å². The van der Waals surface area contributed by atoms with E-state index >= 15 is 0 Å². The zero-order valence-corrected chi connectivity index (χ0v) is 18.7. The lowest BCUT2D eigenvalue weighted by molar-refractivity contribution is -0.119. The first-order valence-corrected chi connectivity index (χ1v) is 11.1. The fraction of sp³-hybridized carbons (Fsp3) is 0.348. The summed E-state index contributed by atoms with van der Waals surface area (Å²) in [5.41, 5.74) is 2.97. The number of carbonyl (C=O) groups excluding carboxylic acids is 3. The van der Waals surface area contributed by atoms with Gasteiger partial charge in [0.05, 0.1) is 0 Å². The van der Waals surface area contributed by atoms with Crippen LogP contribution in [-0.4, -0.2) is 41.8 Å². The number of fused-ring (bicyclic) bond motifs is 1. The molecule has 162 valence electrons. The molecular formula is C23H23Cl2N3O3. The van der Waals surface area contributed by atoms with Crippen molar-refractivity contribution >= 4 is 52.3 Å². The van der Waals surface area contributed by atoms with E-state index in [0.717, 1.165) is 30.5 Å². The second-order valence-electron chi connectivity index (χ2n) is 7.92. The topological polar surface area (TPSA) is 69.7 Å². The second-order valence-corrected chi connectivity index (χ2v) is 8.79. The van der Waals surface area contributed by atoms with Gasteiger partial charge in [0.1, 0.15) is 6.04 Å². The predicted octanol–water partition coefficient (Wildman–Crippen LogP) is 4.54. The molecule has 0 aromatic heterocycles. The average Bonchev–Trinajstić information content (AvgIpc) is 3.21. The third-order valence-corrected chi connectivity index (χ3v) is 6.21. The maximum Gasteiger partial charge on any atom is 0.254 e. The molecule has 2 aliphatic heterocycles. The van der Waals surface area contributed by atoms with Gasteiger partial charge in [-0.15, -0.1) is 0 Å². The predicted molar refractivity (Wildman–Crippen MR) is 122 cm³/mol. The van der Waals surface area contributed by atoms with Gasteiger partial charge in [0.25, 0.3) is 5.91 Å². The number of halogens is 2. The Morgan fingerprint density at radius 1 is 1.00 bits per heavy atom. The van der Waals surface area contributed by atoms with Crippen molar-refractivity contribution in [3.63, 3.8) is 0 Å². The maximum atomic E-state index is 13.0. The lowest BCUT2D eigenvalue weighted by Gasteiger charge is -2.29. The third kappa shape index (κ3) is 4.55. The molecule has 2 aliphatic rings. The van der Waals surface area contributed by atoms with Crippen molar-refractivity contribution in [1.29, 1.82) is 0 Å². The minimum atomic E-state index is -0.560. The first-order chi connectivity index (χ1) is 14.8. The van der Waals surface area contributed by atoms with Crippen LogP contribution in [0.5, 0.6) is 0 Å². The van der Waals surface area contributed by atoms with Gasteiger partial charge in [-0.1, -0.05) is 23.2 Å². The molecule has 2 heterocycles. The summed E-state index contributed by atoms with van der Waals surface area (Å²) in [7, 11) is 0. The molecule has 0 aliphatic carbocycles. The van der Waals surface area contributed by atoms with Crippen molar-refractivity contribution in [2.75, 3.05) is 23.3 Å². The van der Waals surface area contributed by atoms with Crippen molar-refractivity contribution in [1.82, 2.24) is 4.90 Å². The van der Waals surface area contributed by atoms with Gasteiger partial charge >= 0.3 is 0 Å². The van der Waals surface area contributed by atoms with Crippen LogP contribution >= 0.6 is 23.2 Å². The van der Waals surface area contributed by atoms with Gasteiger partial charge in [-0.25, -0.2) is 0 Å². The molecule has 6 nitrogen and oxygen atoms in total. The van der Waals surface area contributed by atoms with Crippen LogP contribution in [0.2, 0.25) is 10.0 Å². The van der Waals surface area contributed by atoms with Crippen LogP contribution in [0.4, 0.5) is 11.4 Å². The number of nitrogens with one attached hydrogen (secondary N) is 1. The molecule has 3 amide bonds. The smallest absolute Gasteiger partial charge is 0.254 e. The summed E-state index contributed by atoms with van der Waals surface area (Å²) in [6.07, 6.45) is 3.08. The Bertz CT molecular complexity index is 1040. The van der Waals surface area contributed by atoms with Crippen molar-refractivity contribution in [2.45, 2.75) is 38.6 Å². The van der Waals surface area contributed by atoms with Gasteiger partial charge < -0.3 is 15.1 Å². The monoisotopic (exact) mass is 459 g/mol. The minimum Gasteiger partial charge on any atom is -0.327 e. The zero-order chi connectivity index (χ0) is 22.1. The van der Waals surface area contributed by atoms with Gasteiger partial charge in [-0.05, 0) is 67.6 Å². The van der Waals surface area contributed by atoms with E-state index in [2.05, 4.69) is 5.32 Å².